The number of nitrogens with one attached hydrogen (secondary N) is 1. The molecule has 0 fully saturated rings. The molecule has 122 valence electrons. The molecular formula is C18H22N2O3. The summed E-state index contributed by atoms with van der Waals surface area (Å²) < 4.78 is 5.51. The standard InChI is InChI=1S/C18H22N2O3/c1-12-5-4-6-16(9-12)23-11-15(21)10-19-18(22)17-8-7-13(2)20-14(17)3/h4-9,15,21H,10-11H2,1-3H3,(H,19,22). The van der Waals surface area contributed by atoms with Gasteiger partial charge < -0.3 is 15.2 Å². The Morgan fingerprint density at radius 2 is 2.04 bits per heavy atom. The lowest BCUT2D eigenvalue weighted by atomic mass is 10.1. The van der Waals surface area contributed by atoms with E-state index in [4.69, 9.17) is 4.74 Å². The first kappa shape index (κ1) is 17.0. The Labute approximate surface area is 136 Å². The Bertz CT molecular complexity index is 686. The number of benzene rings is 1. The third-order valence-electron chi connectivity index (χ3n) is 3.40. The summed E-state index contributed by atoms with van der Waals surface area (Å²) in [5.41, 5.74) is 3.15. The first-order valence-corrected chi connectivity index (χ1v) is 7.55. The van der Waals surface area contributed by atoms with Gasteiger partial charge in [0.15, 0.2) is 0 Å². The molecule has 1 aromatic carbocycles. The molecule has 0 radical (unpaired) electrons. The Hall–Kier alpha value is -2.40. The van der Waals surface area contributed by atoms with E-state index in [0.717, 1.165) is 11.3 Å². The number of carbonyl (C=O) groups is 1. The van der Waals surface area contributed by atoms with Crippen molar-refractivity contribution in [2.75, 3.05) is 13.2 Å². The number of hydrogen-bond acceptors (Lipinski definition) is 4. The van der Waals surface area contributed by atoms with E-state index in [1.165, 1.54) is 0 Å². The van der Waals surface area contributed by atoms with E-state index in [1.54, 1.807) is 19.1 Å². The summed E-state index contributed by atoms with van der Waals surface area (Å²) in [5, 5.41) is 12.6. The average molecular weight is 314 g/mol. The van der Waals surface area contributed by atoms with Crippen molar-refractivity contribution in [3.63, 3.8) is 0 Å². The normalized spacial score (nSPS) is 11.8. The minimum absolute atomic E-state index is 0.120. The topological polar surface area (TPSA) is 71.5 Å². The summed E-state index contributed by atoms with van der Waals surface area (Å²) in [7, 11) is 0. The van der Waals surface area contributed by atoms with Crippen LogP contribution in [-0.4, -0.2) is 35.3 Å². The molecule has 0 bridgehead atoms. The number of aromatic nitrogens is 1. The average Bonchev–Trinajstić information content (AvgIpc) is 2.50. The zero-order chi connectivity index (χ0) is 16.8. The second-order valence-corrected chi connectivity index (χ2v) is 5.58. The van der Waals surface area contributed by atoms with Crippen molar-refractivity contribution in [2.24, 2.45) is 0 Å². The van der Waals surface area contributed by atoms with Gasteiger partial charge in [-0.1, -0.05) is 12.1 Å². The van der Waals surface area contributed by atoms with Crippen LogP contribution >= 0.6 is 0 Å². The highest BCUT2D eigenvalue weighted by Crippen LogP contribution is 2.12. The van der Waals surface area contributed by atoms with Gasteiger partial charge in [0, 0.05) is 12.2 Å². The van der Waals surface area contributed by atoms with Crippen molar-refractivity contribution < 1.29 is 14.6 Å². The molecule has 2 rings (SSSR count). The highest BCUT2D eigenvalue weighted by atomic mass is 16.5. The highest BCUT2D eigenvalue weighted by molar-refractivity contribution is 5.95. The molecule has 1 heterocycles. The summed E-state index contributed by atoms with van der Waals surface area (Å²) in [6.07, 6.45) is -0.779. The number of ether oxygens (including phenoxy) is 1. The van der Waals surface area contributed by atoms with Crippen LogP contribution in [0.5, 0.6) is 5.75 Å². The van der Waals surface area contributed by atoms with Crippen molar-refractivity contribution >= 4 is 5.91 Å². The Kier molecular flexibility index (Phi) is 5.71. The van der Waals surface area contributed by atoms with E-state index < -0.39 is 6.10 Å². The maximum Gasteiger partial charge on any atom is 0.253 e. The second-order valence-electron chi connectivity index (χ2n) is 5.58. The van der Waals surface area contributed by atoms with Gasteiger partial charge in [-0.2, -0.15) is 0 Å². The predicted molar refractivity (Wildman–Crippen MR) is 88.7 cm³/mol. The Morgan fingerprint density at radius 3 is 2.74 bits per heavy atom. The minimum atomic E-state index is -0.779. The summed E-state index contributed by atoms with van der Waals surface area (Å²) in [4.78, 5) is 16.4. The van der Waals surface area contributed by atoms with Gasteiger partial charge in [-0.15, -0.1) is 0 Å². The van der Waals surface area contributed by atoms with Crippen LogP contribution in [0.1, 0.15) is 27.3 Å². The molecule has 5 heteroatoms. The lowest BCUT2D eigenvalue weighted by molar-refractivity contribution is 0.0843. The largest absolute Gasteiger partial charge is 0.491 e. The fraction of sp³-hybridized carbons (Fsp3) is 0.333. The number of aryl methyl sites for hydroxylation is 3. The molecule has 0 aliphatic rings. The smallest absolute Gasteiger partial charge is 0.253 e. The maximum atomic E-state index is 12.1. The number of carbonyl (C=O) groups excluding carboxylic acids is 1. The molecule has 2 N–H and O–H groups in total. The van der Waals surface area contributed by atoms with Crippen LogP contribution in [0.2, 0.25) is 0 Å². The molecule has 0 saturated carbocycles. The van der Waals surface area contributed by atoms with E-state index in [-0.39, 0.29) is 19.1 Å². The Balaban J connectivity index is 1.81. The van der Waals surface area contributed by atoms with Crippen LogP contribution in [-0.2, 0) is 0 Å². The van der Waals surface area contributed by atoms with Gasteiger partial charge in [-0.05, 0) is 50.6 Å². The number of aliphatic hydroxyl groups excluding tert-OH is 1. The number of rotatable bonds is 6. The molecule has 2 aromatic rings. The van der Waals surface area contributed by atoms with Crippen LogP contribution in [0.25, 0.3) is 0 Å². The quantitative estimate of drug-likeness (QED) is 0.857. The van der Waals surface area contributed by atoms with Crippen molar-refractivity contribution in [1.82, 2.24) is 10.3 Å². The van der Waals surface area contributed by atoms with Crippen molar-refractivity contribution in [1.29, 1.82) is 0 Å². The molecule has 1 atom stereocenters. The van der Waals surface area contributed by atoms with Crippen LogP contribution < -0.4 is 10.1 Å². The Morgan fingerprint density at radius 1 is 1.26 bits per heavy atom. The monoisotopic (exact) mass is 314 g/mol. The van der Waals surface area contributed by atoms with Gasteiger partial charge in [-0.25, -0.2) is 0 Å². The second kappa shape index (κ2) is 7.74. The van der Waals surface area contributed by atoms with E-state index in [1.807, 2.05) is 38.1 Å². The summed E-state index contributed by atoms with van der Waals surface area (Å²) in [6.45, 7) is 5.88. The minimum Gasteiger partial charge on any atom is -0.491 e. The van der Waals surface area contributed by atoms with E-state index in [9.17, 15) is 9.90 Å². The van der Waals surface area contributed by atoms with Crippen LogP contribution in [0.3, 0.4) is 0 Å². The van der Waals surface area contributed by atoms with Gasteiger partial charge in [-0.3, -0.25) is 9.78 Å². The molecule has 0 aliphatic carbocycles. The molecule has 0 aliphatic heterocycles. The van der Waals surface area contributed by atoms with Gasteiger partial charge >= 0.3 is 0 Å². The summed E-state index contributed by atoms with van der Waals surface area (Å²) >= 11 is 0. The SMILES string of the molecule is Cc1cccc(OCC(O)CNC(=O)c2ccc(C)nc2C)c1. The molecule has 5 nitrogen and oxygen atoms in total. The predicted octanol–water partition coefficient (Wildman–Crippen LogP) is 2.18. The fourth-order valence-electron chi connectivity index (χ4n) is 2.19. The van der Waals surface area contributed by atoms with Gasteiger partial charge in [0.2, 0.25) is 0 Å². The summed E-state index contributed by atoms with van der Waals surface area (Å²) in [5.74, 6) is 0.457. The summed E-state index contributed by atoms with van der Waals surface area (Å²) in [6, 6.07) is 11.1. The molecule has 1 unspecified atom stereocenters. The van der Waals surface area contributed by atoms with Gasteiger partial charge in [0.05, 0.1) is 11.3 Å². The van der Waals surface area contributed by atoms with Crippen molar-refractivity contribution in [3.8, 4) is 5.75 Å². The van der Waals surface area contributed by atoms with E-state index in [0.29, 0.717) is 17.0 Å². The third kappa shape index (κ3) is 5.07. The number of aliphatic hydroxyl groups is 1. The fourth-order valence-corrected chi connectivity index (χ4v) is 2.19. The third-order valence-corrected chi connectivity index (χ3v) is 3.40. The number of nitrogens with zero attached hydrogens (tertiary/aromatic N) is 1. The first-order chi connectivity index (χ1) is 11.0. The van der Waals surface area contributed by atoms with Crippen molar-refractivity contribution in [3.05, 3.63) is 58.9 Å². The molecule has 0 saturated heterocycles. The molecule has 1 aromatic heterocycles. The lowest BCUT2D eigenvalue weighted by Gasteiger charge is -2.14. The number of amides is 1. The zero-order valence-electron chi connectivity index (χ0n) is 13.7. The lowest BCUT2D eigenvalue weighted by Crippen LogP contribution is -2.35. The van der Waals surface area contributed by atoms with Crippen molar-refractivity contribution in [2.45, 2.75) is 26.9 Å². The first-order valence-electron chi connectivity index (χ1n) is 7.55. The van der Waals surface area contributed by atoms with Crippen LogP contribution in [0.15, 0.2) is 36.4 Å². The number of pyridine rings is 1. The molecule has 1 amide bonds. The van der Waals surface area contributed by atoms with E-state index in [2.05, 4.69) is 10.3 Å². The van der Waals surface area contributed by atoms with Gasteiger partial charge in [0.1, 0.15) is 18.5 Å². The zero-order valence-corrected chi connectivity index (χ0v) is 13.7. The van der Waals surface area contributed by atoms with E-state index >= 15 is 0 Å². The maximum absolute atomic E-state index is 12.1. The molecule has 23 heavy (non-hydrogen) atoms. The molecule has 0 spiro atoms. The molecular weight excluding hydrogens is 292 g/mol. The van der Waals surface area contributed by atoms with Crippen LogP contribution in [0.4, 0.5) is 0 Å². The number of hydrogen-bond donors (Lipinski definition) is 2. The van der Waals surface area contributed by atoms with Crippen LogP contribution in [0, 0.1) is 20.8 Å². The van der Waals surface area contributed by atoms with Gasteiger partial charge in [0.25, 0.3) is 5.91 Å². The highest BCUT2D eigenvalue weighted by Gasteiger charge is 2.12.